The Balaban J connectivity index is 1.60. The largest absolute Gasteiger partial charge is 0.340 e. The molecule has 1 atom stereocenters. The first-order valence-electron chi connectivity index (χ1n) is 8.37. The number of amides is 1. The number of tetrazole rings is 1. The number of rotatable bonds is 6. The van der Waals surface area contributed by atoms with Crippen molar-refractivity contribution in [1.29, 1.82) is 0 Å². The Labute approximate surface area is 141 Å². The van der Waals surface area contributed by atoms with Gasteiger partial charge in [-0.25, -0.2) is 4.68 Å². The van der Waals surface area contributed by atoms with Crippen LogP contribution in [0.3, 0.4) is 0 Å². The molecule has 1 saturated heterocycles. The zero-order valence-corrected chi connectivity index (χ0v) is 14.0. The van der Waals surface area contributed by atoms with Gasteiger partial charge in [-0.1, -0.05) is 6.92 Å². The summed E-state index contributed by atoms with van der Waals surface area (Å²) in [5.41, 5.74) is 1.25. The number of hydrogen-bond donors (Lipinski definition) is 0. The van der Waals surface area contributed by atoms with Crippen LogP contribution in [0.15, 0.2) is 30.9 Å². The number of piperidine rings is 1. The van der Waals surface area contributed by atoms with Crippen LogP contribution in [0, 0.1) is 0 Å². The second-order valence-corrected chi connectivity index (χ2v) is 6.06. The van der Waals surface area contributed by atoms with Crippen LogP contribution in [0.1, 0.15) is 25.3 Å². The summed E-state index contributed by atoms with van der Waals surface area (Å²) in [7, 11) is 0. The van der Waals surface area contributed by atoms with E-state index in [0.29, 0.717) is 6.04 Å². The summed E-state index contributed by atoms with van der Waals surface area (Å²) >= 11 is 0. The van der Waals surface area contributed by atoms with Gasteiger partial charge in [0.1, 0.15) is 12.9 Å². The number of likely N-dealkylation sites (N-methyl/N-ethyl adjacent to an activating group) is 1. The van der Waals surface area contributed by atoms with Crippen molar-refractivity contribution in [3.63, 3.8) is 0 Å². The first kappa shape index (κ1) is 16.5. The standard InChI is InChI=1S/C16H23N7O/c1-2-21(10-14-5-7-17-8-6-14)15-4-3-9-22(11-15)16(24)12-23-13-18-19-20-23/h5-8,13,15H,2-4,9-12H2,1H3. The Morgan fingerprint density at radius 2 is 2.21 bits per heavy atom. The highest BCUT2D eigenvalue weighted by molar-refractivity contribution is 5.76. The van der Waals surface area contributed by atoms with Gasteiger partial charge in [0, 0.05) is 38.1 Å². The summed E-state index contributed by atoms with van der Waals surface area (Å²) < 4.78 is 1.47. The molecule has 1 aliphatic heterocycles. The molecule has 0 bridgehead atoms. The van der Waals surface area contributed by atoms with Crippen molar-refractivity contribution in [3.05, 3.63) is 36.4 Å². The summed E-state index contributed by atoms with van der Waals surface area (Å²) in [6.45, 7) is 5.80. The predicted molar refractivity (Wildman–Crippen MR) is 87.7 cm³/mol. The zero-order valence-electron chi connectivity index (χ0n) is 14.0. The lowest BCUT2D eigenvalue weighted by molar-refractivity contribution is -0.134. The van der Waals surface area contributed by atoms with E-state index in [2.05, 4.69) is 32.3 Å². The second kappa shape index (κ2) is 7.96. The molecule has 1 fully saturated rings. The molecule has 0 N–H and O–H groups in total. The molecule has 24 heavy (non-hydrogen) atoms. The monoisotopic (exact) mass is 329 g/mol. The van der Waals surface area contributed by atoms with Crippen LogP contribution in [-0.2, 0) is 17.9 Å². The lowest BCUT2D eigenvalue weighted by atomic mass is 10.0. The van der Waals surface area contributed by atoms with E-state index in [0.717, 1.165) is 39.0 Å². The minimum absolute atomic E-state index is 0.0759. The molecule has 2 aromatic heterocycles. The minimum atomic E-state index is 0.0759. The minimum Gasteiger partial charge on any atom is -0.340 e. The Kier molecular flexibility index (Phi) is 5.47. The number of hydrogen-bond acceptors (Lipinski definition) is 6. The van der Waals surface area contributed by atoms with Crippen molar-refractivity contribution in [1.82, 2.24) is 35.0 Å². The maximum Gasteiger partial charge on any atom is 0.244 e. The lowest BCUT2D eigenvalue weighted by Gasteiger charge is -2.39. The molecule has 3 rings (SSSR count). The zero-order chi connectivity index (χ0) is 16.8. The van der Waals surface area contributed by atoms with Crippen LogP contribution in [0.4, 0.5) is 0 Å². The molecule has 0 saturated carbocycles. The van der Waals surface area contributed by atoms with Crippen molar-refractivity contribution >= 4 is 5.91 Å². The maximum atomic E-state index is 12.5. The average Bonchev–Trinajstić information content (AvgIpc) is 3.13. The third-order valence-electron chi connectivity index (χ3n) is 4.50. The number of nitrogens with zero attached hydrogens (tertiary/aromatic N) is 7. The summed E-state index contributed by atoms with van der Waals surface area (Å²) in [4.78, 5) is 20.9. The van der Waals surface area contributed by atoms with Gasteiger partial charge in [0.25, 0.3) is 0 Å². The molecule has 0 spiro atoms. The van der Waals surface area contributed by atoms with Gasteiger partial charge in [-0.3, -0.25) is 14.7 Å². The van der Waals surface area contributed by atoms with Crippen molar-refractivity contribution in [2.45, 2.75) is 38.9 Å². The van der Waals surface area contributed by atoms with Crippen LogP contribution >= 0.6 is 0 Å². The third-order valence-corrected chi connectivity index (χ3v) is 4.50. The smallest absolute Gasteiger partial charge is 0.244 e. The number of carbonyl (C=O) groups is 1. The first-order valence-corrected chi connectivity index (χ1v) is 8.37. The molecule has 128 valence electrons. The Morgan fingerprint density at radius 3 is 2.92 bits per heavy atom. The normalized spacial score (nSPS) is 18.1. The van der Waals surface area contributed by atoms with Crippen LogP contribution in [0.25, 0.3) is 0 Å². The Morgan fingerprint density at radius 1 is 1.38 bits per heavy atom. The van der Waals surface area contributed by atoms with Crippen LogP contribution in [0.2, 0.25) is 0 Å². The van der Waals surface area contributed by atoms with E-state index in [-0.39, 0.29) is 12.5 Å². The summed E-state index contributed by atoms with van der Waals surface area (Å²) in [6, 6.07) is 4.48. The fourth-order valence-electron chi connectivity index (χ4n) is 3.19. The van der Waals surface area contributed by atoms with E-state index in [4.69, 9.17) is 0 Å². The van der Waals surface area contributed by atoms with Gasteiger partial charge in [0.2, 0.25) is 5.91 Å². The van der Waals surface area contributed by atoms with E-state index in [1.807, 2.05) is 29.4 Å². The molecule has 1 unspecified atom stereocenters. The quantitative estimate of drug-likeness (QED) is 0.771. The third kappa shape index (κ3) is 4.14. The maximum absolute atomic E-state index is 12.5. The van der Waals surface area contributed by atoms with E-state index in [9.17, 15) is 4.79 Å². The highest BCUT2D eigenvalue weighted by Gasteiger charge is 2.27. The lowest BCUT2D eigenvalue weighted by Crippen LogP contribution is -2.50. The van der Waals surface area contributed by atoms with Crippen molar-refractivity contribution in [2.24, 2.45) is 0 Å². The molecule has 1 aliphatic rings. The van der Waals surface area contributed by atoms with Crippen LogP contribution < -0.4 is 0 Å². The van der Waals surface area contributed by atoms with Gasteiger partial charge in [0.05, 0.1) is 0 Å². The summed E-state index contributed by atoms with van der Waals surface area (Å²) in [5.74, 6) is 0.0759. The van der Waals surface area contributed by atoms with Crippen LogP contribution in [0.5, 0.6) is 0 Å². The fraction of sp³-hybridized carbons (Fsp3) is 0.562. The van der Waals surface area contributed by atoms with Crippen molar-refractivity contribution in [2.75, 3.05) is 19.6 Å². The molecule has 8 heteroatoms. The molecule has 2 aromatic rings. The number of pyridine rings is 1. The molecular formula is C16H23N7O. The van der Waals surface area contributed by atoms with Crippen molar-refractivity contribution < 1.29 is 4.79 Å². The molecule has 0 aliphatic carbocycles. The van der Waals surface area contributed by atoms with E-state index < -0.39 is 0 Å². The van der Waals surface area contributed by atoms with Gasteiger partial charge in [0.15, 0.2) is 0 Å². The Hall–Kier alpha value is -2.35. The van der Waals surface area contributed by atoms with Gasteiger partial charge >= 0.3 is 0 Å². The summed E-state index contributed by atoms with van der Waals surface area (Å²) in [6.07, 6.45) is 7.27. The summed E-state index contributed by atoms with van der Waals surface area (Å²) in [5, 5.41) is 10.9. The SMILES string of the molecule is CCN(Cc1ccncc1)C1CCCN(C(=O)Cn2cnnn2)C1. The number of carbonyl (C=O) groups excluding carboxylic acids is 1. The van der Waals surface area contributed by atoms with Crippen molar-refractivity contribution in [3.8, 4) is 0 Å². The topological polar surface area (TPSA) is 80.0 Å². The van der Waals surface area contributed by atoms with Crippen LogP contribution in [-0.4, -0.2) is 66.6 Å². The van der Waals surface area contributed by atoms with Gasteiger partial charge in [-0.05, 0) is 47.5 Å². The van der Waals surface area contributed by atoms with Gasteiger partial charge in [-0.15, -0.1) is 5.10 Å². The fourth-order valence-corrected chi connectivity index (χ4v) is 3.19. The first-order chi connectivity index (χ1) is 11.8. The molecule has 1 amide bonds. The molecule has 0 radical (unpaired) electrons. The number of likely N-dealkylation sites (tertiary alicyclic amines) is 1. The highest BCUT2D eigenvalue weighted by Crippen LogP contribution is 2.18. The predicted octanol–water partition coefficient (Wildman–Crippen LogP) is 0.581. The van der Waals surface area contributed by atoms with E-state index >= 15 is 0 Å². The molecular weight excluding hydrogens is 306 g/mol. The Bertz CT molecular complexity index is 631. The highest BCUT2D eigenvalue weighted by atomic mass is 16.2. The second-order valence-electron chi connectivity index (χ2n) is 6.06. The molecule has 0 aromatic carbocycles. The molecule has 3 heterocycles. The van der Waals surface area contributed by atoms with E-state index in [1.165, 1.54) is 16.6 Å². The van der Waals surface area contributed by atoms with E-state index in [1.54, 1.807) is 0 Å². The van der Waals surface area contributed by atoms with Gasteiger partial charge < -0.3 is 4.90 Å². The molecule has 8 nitrogen and oxygen atoms in total. The number of aromatic nitrogens is 5. The van der Waals surface area contributed by atoms with Gasteiger partial charge in [-0.2, -0.15) is 0 Å². The average molecular weight is 329 g/mol.